The summed E-state index contributed by atoms with van der Waals surface area (Å²) in [6.07, 6.45) is 1.51. The molecule has 2 aromatic carbocycles. The third-order valence-electron chi connectivity index (χ3n) is 4.01. The minimum Gasteiger partial charge on any atom is -0.360 e. The standard InChI is InChI=1S/C21H21N3O4S/c1-17-14-20(23-28-17)22-21(25)16-24(15-19-10-6-3-7-11-19)29(26,27)13-12-18-8-4-2-5-9-18/h2-14H,15-16H2,1H3,(H,22,23,25)/b13-12-. The number of amides is 1. The molecule has 29 heavy (non-hydrogen) atoms. The zero-order valence-corrected chi connectivity index (χ0v) is 16.7. The van der Waals surface area contributed by atoms with Gasteiger partial charge in [-0.1, -0.05) is 65.8 Å². The van der Waals surface area contributed by atoms with Crippen molar-refractivity contribution in [3.05, 3.63) is 89.0 Å². The van der Waals surface area contributed by atoms with Gasteiger partial charge in [-0.05, 0) is 24.1 Å². The summed E-state index contributed by atoms with van der Waals surface area (Å²) in [6.45, 7) is 1.40. The van der Waals surface area contributed by atoms with E-state index in [-0.39, 0.29) is 18.9 Å². The quantitative estimate of drug-likeness (QED) is 0.613. The number of benzene rings is 2. The van der Waals surface area contributed by atoms with Crippen LogP contribution in [-0.4, -0.2) is 30.3 Å². The number of aryl methyl sites for hydroxylation is 1. The summed E-state index contributed by atoms with van der Waals surface area (Å²) in [4.78, 5) is 12.4. The van der Waals surface area contributed by atoms with Crippen molar-refractivity contribution in [2.45, 2.75) is 13.5 Å². The Morgan fingerprint density at radius 2 is 1.76 bits per heavy atom. The van der Waals surface area contributed by atoms with Crippen LogP contribution >= 0.6 is 0 Å². The summed E-state index contributed by atoms with van der Waals surface area (Å²) in [6, 6.07) is 19.7. The number of carbonyl (C=O) groups is 1. The first-order chi connectivity index (χ1) is 13.9. The van der Waals surface area contributed by atoms with E-state index in [2.05, 4.69) is 10.5 Å². The van der Waals surface area contributed by atoms with Gasteiger partial charge >= 0.3 is 0 Å². The maximum absolute atomic E-state index is 12.9. The summed E-state index contributed by atoms with van der Waals surface area (Å²) in [5.41, 5.74) is 1.52. The smallest absolute Gasteiger partial charge is 0.240 e. The van der Waals surface area contributed by atoms with Gasteiger partial charge in [0, 0.05) is 18.0 Å². The number of sulfonamides is 1. The van der Waals surface area contributed by atoms with Gasteiger partial charge in [-0.15, -0.1) is 0 Å². The molecule has 150 valence electrons. The van der Waals surface area contributed by atoms with Crippen LogP contribution in [0.4, 0.5) is 5.82 Å². The van der Waals surface area contributed by atoms with Crippen LogP contribution in [0.3, 0.4) is 0 Å². The van der Waals surface area contributed by atoms with E-state index in [1.54, 1.807) is 25.1 Å². The summed E-state index contributed by atoms with van der Waals surface area (Å²) in [7, 11) is -3.85. The average Bonchev–Trinajstić information content (AvgIpc) is 3.12. The normalized spacial score (nSPS) is 11.8. The Labute approximate surface area is 169 Å². The molecule has 0 aliphatic heterocycles. The van der Waals surface area contributed by atoms with Crippen molar-refractivity contribution in [3.63, 3.8) is 0 Å². The minimum atomic E-state index is -3.85. The van der Waals surface area contributed by atoms with Gasteiger partial charge in [-0.25, -0.2) is 8.42 Å². The highest BCUT2D eigenvalue weighted by Crippen LogP contribution is 2.14. The van der Waals surface area contributed by atoms with E-state index in [1.807, 2.05) is 48.5 Å². The molecule has 0 radical (unpaired) electrons. The minimum absolute atomic E-state index is 0.0631. The van der Waals surface area contributed by atoms with E-state index in [1.165, 1.54) is 6.08 Å². The fourth-order valence-corrected chi connectivity index (χ4v) is 3.73. The van der Waals surface area contributed by atoms with Gasteiger partial charge in [-0.2, -0.15) is 4.31 Å². The molecule has 8 heteroatoms. The monoisotopic (exact) mass is 411 g/mol. The Balaban J connectivity index is 1.79. The van der Waals surface area contributed by atoms with Crippen molar-refractivity contribution in [1.29, 1.82) is 0 Å². The van der Waals surface area contributed by atoms with Crippen molar-refractivity contribution in [3.8, 4) is 0 Å². The van der Waals surface area contributed by atoms with E-state index in [4.69, 9.17) is 4.52 Å². The lowest BCUT2D eigenvalue weighted by Crippen LogP contribution is -2.36. The number of hydrogen-bond acceptors (Lipinski definition) is 5. The number of nitrogens with zero attached hydrogens (tertiary/aromatic N) is 2. The molecule has 1 aromatic heterocycles. The molecule has 0 aliphatic rings. The largest absolute Gasteiger partial charge is 0.360 e. The van der Waals surface area contributed by atoms with E-state index in [0.29, 0.717) is 5.76 Å². The molecule has 3 rings (SSSR count). The van der Waals surface area contributed by atoms with Crippen LogP contribution in [0.15, 0.2) is 76.7 Å². The van der Waals surface area contributed by atoms with Crippen LogP contribution in [0.2, 0.25) is 0 Å². The van der Waals surface area contributed by atoms with Gasteiger partial charge < -0.3 is 9.84 Å². The van der Waals surface area contributed by atoms with Crippen molar-refractivity contribution < 1.29 is 17.7 Å². The number of hydrogen-bond donors (Lipinski definition) is 1. The topological polar surface area (TPSA) is 92.5 Å². The molecule has 0 saturated heterocycles. The van der Waals surface area contributed by atoms with E-state index < -0.39 is 15.9 Å². The first kappa shape index (κ1) is 20.5. The Kier molecular flexibility index (Phi) is 6.58. The Morgan fingerprint density at radius 1 is 1.10 bits per heavy atom. The highest BCUT2D eigenvalue weighted by molar-refractivity contribution is 7.92. The Bertz CT molecular complexity index is 1080. The molecular formula is C21H21N3O4S. The van der Waals surface area contributed by atoms with Crippen LogP contribution in [0.5, 0.6) is 0 Å². The first-order valence-electron chi connectivity index (χ1n) is 8.93. The number of rotatable bonds is 8. The van der Waals surface area contributed by atoms with E-state index in [9.17, 15) is 13.2 Å². The van der Waals surface area contributed by atoms with Crippen LogP contribution in [0, 0.1) is 6.92 Å². The maximum Gasteiger partial charge on any atom is 0.240 e. The zero-order valence-electron chi connectivity index (χ0n) is 15.9. The van der Waals surface area contributed by atoms with Crippen molar-refractivity contribution in [2.75, 3.05) is 11.9 Å². The molecule has 0 spiro atoms. The molecule has 0 atom stereocenters. The summed E-state index contributed by atoms with van der Waals surface area (Å²) < 4.78 is 31.9. The lowest BCUT2D eigenvalue weighted by Gasteiger charge is -2.19. The zero-order chi connectivity index (χ0) is 20.7. The highest BCUT2D eigenvalue weighted by atomic mass is 32.2. The van der Waals surface area contributed by atoms with Crippen molar-refractivity contribution >= 4 is 27.8 Å². The lowest BCUT2D eigenvalue weighted by atomic mass is 10.2. The molecule has 1 heterocycles. The second-order valence-corrected chi connectivity index (χ2v) is 8.20. The molecule has 1 N–H and O–H groups in total. The fourth-order valence-electron chi connectivity index (χ4n) is 2.61. The fraction of sp³-hybridized carbons (Fsp3) is 0.143. The van der Waals surface area contributed by atoms with Gasteiger partial charge in [0.15, 0.2) is 5.82 Å². The van der Waals surface area contributed by atoms with Crippen LogP contribution in [-0.2, 0) is 21.4 Å². The SMILES string of the molecule is Cc1cc(NC(=O)CN(Cc2ccccc2)S(=O)(=O)/C=C\c2ccccc2)no1. The van der Waals surface area contributed by atoms with Crippen molar-refractivity contribution in [1.82, 2.24) is 9.46 Å². The molecule has 3 aromatic rings. The van der Waals surface area contributed by atoms with E-state index >= 15 is 0 Å². The van der Waals surface area contributed by atoms with Crippen LogP contribution in [0.25, 0.3) is 6.08 Å². The maximum atomic E-state index is 12.9. The molecule has 7 nitrogen and oxygen atoms in total. The molecule has 0 fully saturated rings. The first-order valence-corrected chi connectivity index (χ1v) is 10.4. The highest BCUT2D eigenvalue weighted by Gasteiger charge is 2.23. The van der Waals surface area contributed by atoms with Gasteiger partial charge in [0.1, 0.15) is 5.76 Å². The predicted molar refractivity (Wildman–Crippen MR) is 111 cm³/mol. The molecule has 0 aliphatic carbocycles. The lowest BCUT2D eigenvalue weighted by molar-refractivity contribution is -0.116. The van der Waals surface area contributed by atoms with Crippen molar-refractivity contribution in [2.24, 2.45) is 0 Å². The second kappa shape index (κ2) is 9.31. The van der Waals surface area contributed by atoms with Gasteiger partial charge in [-0.3, -0.25) is 4.79 Å². The molecular weight excluding hydrogens is 390 g/mol. The van der Waals surface area contributed by atoms with Gasteiger partial charge in [0.2, 0.25) is 15.9 Å². The third-order valence-corrected chi connectivity index (χ3v) is 5.47. The van der Waals surface area contributed by atoms with E-state index in [0.717, 1.165) is 20.8 Å². The van der Waals surface area contributed by atoms with Crippen LogP contribution in [0.1, 0.15) is 16.9 Å². The molecule has 0 saturated carbocycles. The Hall–Kier alpha value is -3.23. The van der Waals surface area contributed by atoms with Gasteiger partial charge in [0.25, 0.3) is 0 Å². The third kappa shape index (κ3) is 6.13. The van der Waals surface area contributed by atoms with Crippen LogP contribution < -0.4 is 5.32 Å². The predicted octanol–water partition coefficient (Wildman–Crippen LogP) is 3.42. The number of aromatic nitrogens is 1. The number of nitrogens with one attached hydrogen (secondary N) is 1. The number of anilines is 1. The van der Waals surface area contributed by atoms with Gasteiger partial charge in [0.05, 0.1) is 6.54 Å². The summed E-state index contributed by atoms with van der Waals surface area (Å²) >= 11 is 0. The molecule has 0 bridgehead atoms. The average molecular weight is 411 g/mol. The second-order valence-electron chi connectivity index (χ2n) is 6.38. The summed E-state index contributed by atoms with van der Waals surface area (Å²) in [5.74, 6) is 0.273. The molecule has 1 amide bonds. The molecule has 0 unspecified atom stereocenters. The number of carbonyl (C=O) groups excluding carboxylic acids is 1. The Morgan fingerprint density at radius 3 is 2.38 bits per heavy atom. The summed E-state index contributed by atoms with van der Waals surface area (Å²) in [5, 5.41) is 7.36.